The third kappa shape index (κ3) is 2.67. The SMILES string of the molecule is Cc1cccc2cc(N3CCN(C)CC3)c(=O)[nH]c12.[Cl-].[H+]. The van der Waals surface area contributed by atoms with Gasteiger partial charge in [-0.15, -0.1) is 0 Å². The summed E-state index contributed by atoms with van der Waals surface area (Å²) in [4.78, 5) is 19.7. The van der Waals surface area contributed by atoms with E-state index in [-0.39, 0.29) is 19.4 Å². The average Bonchev–Trinajstić information content (AvgIpc) is 2.40. The molecule has 1 saturated heterocycles. The van der Waals surface area contributed by atoms with Crippen molar-refractivity contribution in [1.82, 2.24) is 9.88 Å². The van der Waals surface area contributed by atoms with E-state index in [2.05, 4.69) is 27.9 Å². The predicted octanol–water partition coefficient (Wildman–Crippen LogP) is -1.30. The van der Waals surface area contributed by atoms with Crippen molar-refractivity contribution < 1.29 is 13.8 Å². The van der Waals surface area contributed by atoms with Crippen molar-refractivity contribution in [2.75, 3.05) is 38.1 Å². The van der Waals surface area contributed by atoms with Crippen LogP contribution in [0.4, 0.5) is 5.69 Å². The van der Waals surface area contributed by atoms with Crippen LogP contribution in [-0.2, 0) is 0 Å². The Kier molecular flexibility index (Phi) is 4.35. The van der Waals surface area contributed by atoms with Gasteiger partial charge in [0, 0.05) is 31.6 Å². The molecule has 0 unspecified atom stereocenters. The lowest BCUT2D eigenvalue weighted by atomic mass is 10.1. The van der Waals surface area contributed by atoms with Gasteiger partial charge in [-0.3, -0.25) is 4.79 Å². The Morgan fingerprint density at radius 3 is 2.60 bits per heavy atom. The summed E-state index contributed by atoms with van der Waals surface area (Å²) in [6.07, 6.45) is 0. The minimum absolute atomic E-state index is 0. The number of aryl methyl sites for hydroxylation is 1. The molecule has 2 heterocycles. The number of anilines is 1. The Morgan fingerprint density at radius 2 is 1.90 bits per heavy atom. The molecule has 0 spiro atoms. The van der Waals surface area contributed by atoms with Crippen molar-refractivity contribution in [3.63, 3.8) is 0 Å². The molecule has 0 bridgehead atoms. The summed E-state index contributed by atoms with van der Waals surface area (Å²) >= 11 is 0. The highest BCUT2D eigenvalue weighted by Crippen LogP contribution is 2.19. The van der Waals surface area contributed by atoms with Crippen molar-refractivity contribution in [1.29, 1.82) is 0 Å². The number of nitrogens with one attached hydrogen (secondary N) is 1. The highest BCUT2D eigenvalue weighted by molar-refractivity contribution is 5.84. The molecule has 108 valence electrons. The van der Waals surface area contributed by atoms with Gasteiger partial charge in [0.15, 0.2) is 0 Å². The zero-order chi connectivity index (χ0) is 13.4. The Balaban J connectivity index is 0.00000110. The summed E-state index contributed by atoms with van der Waals surface area (Å²) in [7, 11) is 2.12. The molecule has 0 radical (unpaired) electrons. The van der Waals surface area contributed by atoms with Gasteiger partial charge in [0.2, 0.25) is 0 Å². The van der Waals surface area contributed by atoms with Crippen LogP contribution in [0.25, 0.3) is 10.9 Å². The van der Waals surface area contributed by atoms with Gasteiger partial charge in [-0.2, -0.15) is 0 Å². The number of H-pyrrole nitrogens is 1. The lowest BCUT2D eigenvalue weighted by Gasteiger charge is -2.33. The summed E-state index contributed by atoms with van der Waals surface area (Å²) in [5, 5.41) is 1.11. The number of likely N-dealkylation sites (N-methyl/N-ethyl adjacent to an activating group) is 1. The summed E-state index contributed by atoms with van der Waals surface area (Å²) < 4.78 is 0. The zero-order valence-electron chi connectivity index (χ0n) is 12.8. The maximum Gasteiger partial charge on any atom is 1.00 e. The monoisotopic (exact) mass is 293 g/mol. The normalized spacial score (nSPS) is 16.2. The van der Waals surface area contributed by atoms with Gasteiger partial charge in [-0.1, -0.05) is 18.2 Å². The van der Waals surface area contributed by atoms with E-state index in [0.29, 0.717) is 0 Å². The fourth-order valence-electron chi connectivity index (χ4n) is 2.65. The molecule has 1 aliphatic heterocycles. The number of fused-ring (bicyclic) bond motifs is 1. The average molecular weight is 294 g/mol. The topological polar surface area (TPSA) is 39.3 Å². The quantitative estimate of drug-likeness (QED) is 0.711. The molecule has 20 heavy (non-hydrogen) atoms. The summed E-state index contributed by atoms with van der Waals surface area (Å²) in [5.74, 6) is 0. The number of hydrogen-bond acceptors (Lipinski definition) is 3. The number of aromatic amines is 1. The second-order valence-electron chi connectivity index (χ2n) is 5.31. The van der Waals surface area contributed by atoms with Gasteiger partial charge in [-0.25, -0.2) is 0 Å². The molecule has 0 atom stereocenters. The number of rotatable bonds is 1. The fourth-order valence-corrected chi connectivity index (χ4v) is 2.65. The Morgan fingerprint density at radius 1 is 1.20 bits per heavy atom. The molecule has 0 amide bonds. The van der Waals surface area contributed by atoms with Crippen molar-refractivity contribution in [3.05, 3.63) is 40.2 Å². The first-order chi connectivity index (χ1) is 9.15. The number of benzene rings is 1. The van der Waals surface area contributed by atoms with Crippen LogP contribution in [0.2, 0.25) is 0 Å². The Labute approximate surface area is 126 Å². The number of aromatic nitrogens is 1. The van der Waals surface area contributed by atoms with E-state index in [1.807, 2.05) is 25.1 Å². The number of halogens is 1. The molecular weight excluding hydrogens is 274 g/mol. The largest absolute Gasteiger partial charge is 1.00 e. The molecule has 1 aromatic heterocycles. The van der Waals surface area contributed by atoms with Crippen molar-refractivity contribution in [3.8, 4) is 0 Å². The maximum atomic E-state index is 12.3. The van der Waals surface area contributed by atoms with Gasteiger partial charge < -0.3 is 27.2 Å². The first-order valence-electron chi connectivity index (χ1n) is 6.71. The summed E-state index contributed by atoms with van der Waals surface area (Å²) in [6, 6.07) is 8.13. The smallest absolute Gasteiger partial charge is 1.00 e. The van der Waals surface area contributed by atoms with Crippen LogP contribution in [0.15, 0.2) is 29.1 Å². The molecule has 4 nitrogen and oxygen atoms in total. The van der Waals surface area contributed by atoms with Crippen molar-refractivity contribution >= 4 is 16.6 Å². The molecule has 1 fully saturated rings. The number of nitrogens with zero attached hydrogens (tertiary/aromatic N) is 2. The van der Waals surface area contributed by atoms with E-state index >= 15 is 0 Å². The van der Waals surface area contributed by atoms with E-state index in [9.17, 15) is 4.79 Å². The van der Waals surface area contributed by atoms with E-state index in [4.69, 9.17) is 0 Å². The highest BCUT2D eigenvalue weighted by Gasteiger charge is 2.17. The maximum absolute atomic E-state index is 12.3. The molecule has 3 rings (SSSR count). The summed E-state index contributed by atoms with van der Waals surface area (Å²) in [6.45, 7) is 5.86. The fraction of sp³-hybridized carbons (Fsp3) is 0.400. The Bertz CT molecular complexity index is 666. The standard InChI is InChI=1S/C15H19N3O.ClH/c1-11-4-3-5-12-10-13(15(19)16-14(11)12)18-8-6-17(2)7-9-18;/h3-5,10H,6-9H2,1-2H3,(H,16,19);1H. The van der Waals surface area contributed by atoms with Crippen molar-refractivity contribution in [2.24, 2.45) is 0 Å². The van der Waals surface area contributed by atoms with Gasteiger partial charge in [0.1, 0.15) is 5.69 Å². The molecular formula is C15H20ClN3O. The van der Waals surface area contributed by atoms with Crippen LogP contribution >= 0.6 is 0 Å². The number of para-hydroxylation sites is 1. The molecule has 1 N–H and O–H groups in total. The number of pyridine rings is 1. The van der Waals surface area contributed by atoms with E-state index in [1.54, 1.807) is 0 Å². The minimum atomic E-state index is 0. The first-order valence-corrected chi connectivity index (χ1v) is 6.71. The van der Waals surface area contributed by atoms with E-state index in [0.717, 1.165) is 48.3 Å². The molecule has 2 aromatic rings. The molecule has 0 aliphatic carbocycles. The van der Waals surface area contributed by atoms with Crippen LogP contribution < -0.4 is 22.9 Å². The second-order valence-corrected chi connectivity index (χ2v) is 5.31. The predicted molar refractivity (Wildman–Crippen MR) is 80.1 cm³/mol. The zero-order valence-corrected chi connectivity index (χ0v) is 12.6. The van der Waals surface area contributed by atoms with Gasteiger partial charge >= 0.3 is 1.43 Å². The molecule has 1 aromatic carbocycles. The minimum Gasteiger partial charge on any atom is -1.00 e. The molecule has 0 saturated carbocycles. The van der Waals surface area contributed by atoms with Crippen LogP contribution in [0.1, 0.15) is 6.99 Å². The molecule has 1 aliphatic rings. The Hall–Kier alpha value is -1.52. The van der Waals surface area contributed by atoms with Crippen LogP contribution in [-0.4, -0.2) is 43.1 Å². The highest BCUT2D eigenvalue weighted by atomic mass is 35.5. The van der Waals surface area contributed by atoms with E-state index in [1.165, 1.54) is 0 Å². The third-order valence-electron chi connectivity index (χ3n) is 3.91. The number of hydrogen-bond donors (Lipinski definition) is 1. The van der Waals surface area contributed by atoms with Crippen LogP contribution in [0.3, 0.4) is 0 Å². The van der Waals surface area contributed by atoms with Crippen LogP contribution in [0, 0.1) is 6.92 Å². The number of piperazine rings is 1. The lowest BCUT2D eigenvalue weighted by molar-refractivity contribution is -0.00000399. The van der Waals surface area contributed by atoms with Gasteiger partial charge in [0.25, 0.3) is 5.56 Å². The third-order valence-corrected chi connectivity index (χ3v) is 3.91. The van der Waals surface area contributed by atoms with E-state index < -0.39 is 0 Å². The lowest BCUT2D eigenvalue weighted by Crippen LogP contribution is -3.00. The van der Waals surface area contributed by atoms with Crippen molar-refractivity contribution in [2.45, 2.75) is 6.92 Å². The first kappa shape index (κ1) is 14.9. The van der Waals surface area contributed by atoms with Crippen LogP contribution in [0.5, 0.6) is 0 Å². The van der Waals surface area contributed by atoms with Gasteiger partial charge in [0.05, 0.1) is 5.52 Å². The summed E-state index contributed by atoms with van der Waals surface area (Å²) in [5.41, 5.74) is 2.88. The van der Waals surface area contributed by atoms with Gasteiger partial charge in [-0.05, 0) is 25.6 Å². The molecule has 5 heteroatoms. The second kappa shape index (κ2) is 5.85.